The van der Waals surface area contributed by atoms with Gasteiger partial charge in [0.1, 0.15) is 6.29 Å². The Morgan fingerprint density at radius 2 is 1.62 bits per heavy atom. The first-order valence-electron chi connectivity index (χ1n) is 8.87. The molecule has 1 saturated heterocycles. The van der Waals surface area contributed by atoms with E-state index in [1.165, 1.54) is 18.4 Å². The first-order chi connectivity index (χ1) is 11.8. The first-order valence-corrected chi connectivity index (χ1v) is 8.87. The fourth-order valence-corrected chi connectivity index (χ4v) is 3.48. The summed E-state index contributed by atoms with van der Waals surface area (Å²) in [4.78, 5) is 13.8. The fraction of sp³-hybridized carbons (Fsp3) is 0.381. The zero-order valence-electron chi connectivity index (χ0n) is 14.1. The quantitative estimate of drug-likeness (QED) is 0.790. The number of rotatable bonds is 7. The van der Waals surface area contributed by atoms with Crippen molar-refractivity contribution in [3.8, 4) is 0 Å². The van der Waals surface area contributed by atoms with Gasteiger partial charge in [-0.15, -0.1) is 0 Å². The Morgan fingerprint density at radius 1 is 1.00 bits per heavy atom. The maximum Gasteiger partial charge on any atom is 0.138 e. The zero-order valence-corrected chi connectivity index (χ0v) is 14.1. The second-order valence-electron chi connectivity index (χ2n) is 6.62. The highest BCUT2D eigenvalue weighted by molar-refractivity contribution is 5.59. The van der Waals surface area contributed by atoms with E-state index in [1.807, 2.05) is 30.3 Å². The monoisotopic (exact) mass is 322 g/mol. The summed E-state index contributed by atoms with van der Waals surface area (Å²) in [6, 6.07) is 20.8. The number of hydrogen-bond donors (Lipinski definition) is 1. The van der Waals surface area contributed by atoms with Gasteiger partial charge in [0.15, 0.2) is 0 Å². The van der Waals surface area contributed by atoms with E-state index in [1.54, 1.807) is 0 Å². The number of nitrogens with one attached hydrogen (secondary N) is 1. The number of hydrogen-bond acceptors (Lipinski definition) is 3. The van der Waals surface area contributed by atoms with Crippen molar-refractivity contribution in [1.82, 2.24) is 4.90 Å². The molecule has 1 N–H and O–H groups in total. The van der Waals surface area contributed by atoms with E-state index in [0.29, 0.717) is 6.54 Å². The number of anilines is 1. The van der Waals surface area contributed by atoms with Gasteiger partial charge in [0, 0.05) is 12.2 Å². The van der Waals surface area contributed by atoms with Gasteiger partial charge in [-0.05, 0) is 56.0 Å². The Labute approximate surface area is 144 Å². The fourth-order valence-electron chi connectivity index (χ4n) is 3.48. The minimum absolute atomic E-state index is 0.0390. The van der Waals surface area contributed by atoms with Crippen LogP contribution in [0.25, 0.3) is 0 Å². The molecule has 1 aliphatic heterocycles. The maximum absolute atomic E-state index is 11.5. The van der Waals surface area contributed by atoms with Crippen LogP contribution in [0, 0.1) is 5.92 Å². The molecule has 3 rings (SSSR count). The summed E-state index contributed by atoms with van der Waals surface area (Å²) < 4.78 is 0. The zero-order chi connectivity index (χ0) is 16.6. The van der Waals surface area contributed by atoms with Gasteiger partial charge in [0.05, 0.1) is 6.04 Å². The SMILES string of the molecule is O=CC(CNc1ccccc1)N1CCC(Cc2ccccc2)CC1. The molecule has 0 radical (unpaired) electrons. The van der Waals surface area contributed by atoms with E-state index in [-0.39, 0.29) is 6.04 Å². The summed E-state index contributed by atoms with van der Waals surface area (Å²) in [7, 11) is 0. The van der Waals surface area contributed by atoms with Crippen LogP contribution in [-0.4, -0.2) is 36.9 Å². The third-order valence-corrected chi connectivity index (χ3v) is 4.93. The number of carbonyl (C=O) groups excluding carboxylic acids is 1. The molecule has 1 atom stereocenters. The lowest BCUT2D eigenvalue weighted by atomic mass is 9.89. The van der Waals surface area contributed by atoms with Gasteiger partial charge in [-0.3, -0.25) is 4.90 Å². The number of para-hydroxylation sites is 1. The molecule has 0 bridgehead atoms. The first kappa shape index (κ1) is 16.7. The minimum Gasteiger partial charge on any atom is -0.383 e. The number of nitrogens with zero attached hydrogens (tertiary/aromatic N) is 1. The molecule has 0 spiro atoms. The van der Waals surface area contributed by atoms with E-state index in [4.69, 9.17) is 0 Å². The van der Waals surface area contributed by atoms with Crippen LogP contribution in [0.4, 0.5) is 5.69 Å². The summed E-state index contributed by atoms with van der Waals surface area (Å²) in [5.41, 5.74) is 2.50. The molecule has 2 aromatic carbocycles. The molecule has 0 aromatic heterocycles. The molecule has 3 heteroatoms. The van der Waals surface area contributed by atoms with Gasteiger partial charge in [0.25, 0.3) is 0 Å². The van der Waals surface area contributed by atoms with Crippen LogP contribution in [0.5, 0.6) is 0 Å². The van der Waals surface area contributed by atoms with E-state index in [0.717, 1.165) is 37.4 Å². The van der Waals surface area contributed by atoms with E-state index in [9.17, 15) is 4.79 Å². The van der Waals surface area contributed by atoms with Crippen molar-refractivity contribution in [3.05, 3.63) is 66.2 Å². The van der Waals surface area contributed by atoms with E-state index >= 15 is 0 Å². The van der Waals surface area contributed by atoms with Gasteiger partial charge in [-0.2, -0.15) is 0 Å². The third kappa shape index (κ3) is 4.68. The van der Waals surface area contributed by atoms with Gasteiger partial charge >= 0.3 is 0 Å². The summed E-state index contributed by atoms with van der Waals surface area (Å²) in [6.07, 6.45) is 4.59. The lowest BCUT2D eigenvalue weighted by Crippen LogP contribution is -2.46. The van der Waals surface area contributed by atoms with Gasteiger partial charge in [-0.1, -0.05) is 48.5 Å². The van der Waals surface area contributed by atoms with Crippen molar-refractivity contribution in [2.24, 2.45) is 5.92 Å². The van der Waals surface area contributed by atoms with Crippen LogP contribution >= 0.6 is 0 Å². The van der Waals surface area contributed by atoms with Crippen LogP contribution in [-0.2, 0) is 11.2 Å². The Kier molecular flexibility index (Phi) is 6.02. The molecular formula is C21H26N2O. The van der Waals surface area contributed by atoms with E-state index in [2.05, 4.69) is 40.5 Å². The molecule has 1 fully saturated rings. The molecule has 1 unspecified atom stereocenters. The molecule has 2 aromatic rings. The van der Waals surface area contributed by atoms with Crippen molar-refractivity contribution in [2.75, 3.05) is 25.0 Å². The summed E-state index contributed by atoms with van der Waals surface area (Å²) in [5.74, 6) is 0.734. The summed E-state index contributed by atoms with van der Waals surface area (Å²) in [6.45, 7) is 2.70. The van der Waals surface area contributed by atoms with Crippen LogP contribution in [0.3, 0.4) is 0 Å². The number of likely N-dealkylation sites (tertiary alicyclic amines) is 1. The smallest absolute Gasteiger partial charge is 0.138 e. The Morgan fingerprint density at radius 3 is 2.25 bits per heavy atom. The normalized spacial score (nSPS) is 17.3. The molecule has 1 aliphatic rings. The van der Waals surface area contributed by atoms with Crippen molar-refractivity contribution in [1.29, 1.82) is 0 Å². The van der Waals surface area contributed by atoms with Crippen molar-refractivity contribution >= 4 is 12.0 Å². The van der Waals surface area contributed by atoms with Crippen LogP contribution in [0.1, 0.15) is 18.4 Å². The molecule has 3 nitrogen and oxygen atoms in total. The molecule has 0 amide bonds. The van der Waals surface area contributed by atoms with Crippen molar-refractivity contribution < 1.29 is 4.79 Å². The third-order valence-electron chi connectivity index (χ3n) is 4.93. The lowest BCUT2D eigenvalue weighted by molar-refractivity contribution is -0.112. The van der Waals surface area contributed by atoms with Crippen LogP contribution in [0.15, 0.2) is 60.7 Å². The highest BCUT2D eigenvalue weighted by Gasteiger charge is 2.24. The Balaban J connectivity index is 1.46. The maximum atomic E-state index is 11.5. The minimum atomic E-state index is -0.0390. The van der Waals surface area contributed by atoms with Crippen LogP contribution in [0.2, 0.25) is 0 Å². The van der Waals surface area contributed by atoms with Crippen molar-refractivity contribution in [2.45, 2.75) is 25.3 Å². The highest BCUT2D eigenvalue weighted by atomic mass is 16.1. The van der Waals surface area contributed by atoms with Crippen molar-refractivity contribution in [3.63, 3.8) is 0 Å². The average molecular weight is 322 g/mol. The second-order valence-corrected chi connectivity index (χ2v) is 6.62. The topological polar surface area (TPSA) is 32.3 Å². The summed E-state index contributed by atoms with van der Waals surface area (Å²) >= 11 is 0. The predicted octanol–water partition coefficient (Wildman–Crippen LogP) is 3.62. The molecular weight excluding hydrogens is 296 g/mol. The molecule has 24 heavy (non-hydrogen) atoms. The van der Waals surface area contributed by atoms with Crippen LogP contribution < -0.4 is 5.32 Å². The van der Waals surface area contributed by atoms with Gasteiger partial charge in [0.2, 0.25) is 0 Å². The average Bonchev–Trinajstić information content (AvgIpc) is 2.65. The molecule has 0 saturated carbocycles. The highest BCUT2D eigenvalue weighted by Crippen LogP contribution is 2.22. The second kappa shape index (κ2) is 8.65. The largest absolute Gasteiger partial charge is 0.383 e. The number of benzene rings is 2. The van der Waals surface area contributed by atoms with Gasteiger partial charge < -0.3 is 10.1 Å². The Bertz CT molecular complexity index is 606. The predicted molar refractivity (Wildman–Crippen MR) is 99.2 cm³/mol. The van der Waals surface area contributed by atoms with Gasteiger partial charge in [-0.25, -0.2) is 0 Å². The molecule has 126 valence electrons. The summed E-state index contributed by atoms with van der Waals surface area (Å²) in [5, 5.41) is 3.37. The Hall–Kier alpha value is -2.13. The molecule has 1 heterocycles. The standard InChI is InChI=1S/C21H26N2O/c24-17-21(16-22-20-9-5-2-6-10-20)23-13-11-19(12-14-23)15-18-7-3-1-4-8-18/h1-10,17,19,21-22H,11-16H2. The molecule has 0 aliphatic carbocycles. The lowest BCUT2D eigenvalue weighted by Gasteiger charge is -2.35. The van der Waals surface area contributed by atoms with E-state index < -0.39 is 0 Å². The number of aldehydes is 1. The number of carbonyl (C=O) groups is 1. The number of piperidine rings is 1.